The number of nitrogens with two attached hydrogens (primary N) is 1. The maximum Gasteiger partial charge on any atom is 0.255 e. The van der Waals surface area contributed by atoms with Crippen molar-refractivity contribution < 1.29 is 4.79 Å². The van der Waals surface area contributed by atoms with Crippen LogP contribution in [-0.4, -0.2) is 16.1 Å². The quantitative estimate of drug-likeness (QED) is 0.669. The van der Waals surface area contributed by atoms with Gasteiger partial charge in [-0.15, -0.1) is 10.2 Å². The molecule has 0 radical (unpaired) electrons. The van der Waals surface area contributed by atoms with Crippen LogP contribution in [0.2, 0.25) is 0 Å². The summed E-state index contributed by atoms with van der Waals surface area (Å²) in [5.41, 5.74) is 8.11. The lowest BCUT2D eigenvalue weighted by Gasteiger charge is -2.12. The van der Waals surface area contributed by atoms with Gasteiger partial charge in [0.2, 0.25) is 5.13 Å². The third-order valence-corrected chi connectivity index (χ3v) is 5.34. The van der Waals surface area contributed by atoms with Crippen molar-refractivity contribution in [2.45, 2.75) is 16.5 Å². The Morgan fingerprint density at radius 2 is 1.96 bits per heavy atom. The monoisotopic (exact) mass is 356 g/mol. The molecule has 0 spiro atoms. The molecule has 1 aromatic heterocycles. The predicted molar refractivity (Wildman–Crippen MR) is 99.4 cm³/mol. The molecule has 1 heterocycles. The zero-order chi connectivity index (χ0) is 16.9. The van der Waals surface area contributed by atoms with Crippen LogP contribution in [0.4, 0.5) is 10.8 Å². The first kappa shape index (κ1) is 16.5. The molecule has 0 aliphatic carbocycles. The highest BCUT2D eigenvalue weighted by Gasteiger charge is 2.12. The van der Waals surface area contributed by atoms with Crippen molar-refractivity contribution in [1.82, 2.24) is 10.2 Å². The molecule has 1 atom stereocenters. The molecule has 3 N–H and O–H groups in total. The van der Waals surface area contributed by atoms with Crippen molar-refractivity contribution in [1.29, 1.82) is 0 Å². The fraction of sp³-hybridized carbons (Fsp3) is 0.118. The molecule has 0 bridgehead atoms. The van der Waals surface area contributed by atoms with Gasteiger partial charge in [0.1, 0.15) is 0 Å². The van der Waals surface area contributed by atoms with E-state index in [1.165, 1.54) is 11.3 Å². The molecule has 24 heavy (non-hydrogen) atoms. The third kappa shape index (κ3) is 4.12. The number of carbonyl (C=O) groups excluding carboxylic acids is 1. The van der Waals surface area contributed by atoms with Gasteiger partial charge in [0, 0.05) is 16.5 Å². The number of nitrogen functional groups attached to an aromatic ring is 1. The van der Waals surface area contributed by atoms with Gasteiger partial charge in [-0.1, -0.05) is 53.4 Å². The van der Waals surface area contributed by atoms with Gasteiger partial charge in [-0.2, -0.15) is 0 Å². The van der Waals surface area contributed by atoms with Gasteiger partial charge in [0.25, 0.3) is 5.91 Å². The third-order valence-electron chi connectivity index (χ3n) is 3.35. The highest BCUT2D eigenvalue weighted by Crippen LogP contribution is 2.37. The van der Waals surface area contributed by atoms with Crippen LogP contribution in [0.25, 0.3) is 0 Å². The van der Waals surface area contributed by atoms with Gasteiger partial charge in [-0.3, -0.25) is 4.79 Å². The highest BCUT2D eigenvalue weighted by atomic mass is 32.2. The molecular formula is C17H16N4OS2. The standard InChI is InChI=1S/C17H16N4OS2/c1-11(23-17-21-20-16(18)24-17)13-8-5-9-14(10-13)19-15(22)12-6-3-2-4-7-12/h2-11H,1H3,(H2,18,20)(H,19,22). The van der Waals surface area contributed by atoms with Gasteiger partial charge >= 0.3 is 0 Å². The van der Waals surface area contributed by atoms with Gasteiger partial charge in [-0.25, -0.2) is 0 Å². The number of rotatable bonds is 5. The van der Waals surface area contributed by atoms with Crippen LogP contribution in [0, 0.1) is 0 Å². The Morgan fingerprint density at radius 3 is 2.67 bits per heavy atom. The van der Waals surface area contributed by atoms with Gasteiger partial charge in [0.15, 0.2) is 4.34 Å². The molecule has 7 heteroatoms. The molecule has 1 unspecified atom stereocenters. The maximum atomic E-state index is 12.2. The van der Waals surface area contributed by atoms with E-state index < -0.39 is 0 Å². The number of nitrogens with zero attached hydrogens (tertiary/aromatic N) is 2. The van der Waals surface area contributed by atoms with Crippen molar-refractivity contribution in [3.05, 3.63) is 65.7 Å². The lowest BCUT2D eigenvalue weighted by molar-refractivity contribution is 0.102. The summed E-state index contributed by atoms with van der Waals surface area (Å²) >= 11 is 2.97. The number of nitrogens with one attached hydrogen (secondary N) is 1. The first-order valence-corrected chi connectivity index (χ1v) is 9.03. The van der Waals surface area contributed by atoms with Crippen LogP contribution in [0.5, 0.6) is 0 Å². The Morgan fingerprint density at radius 1 is 1.17 bits per heavy atom. The zero-order valence-corrected chi connectivity index (χ0v) is 14.6. The second-order valence-corrected chi connectivity index (χ2v) is 7.71. The van der Waals surface area contributed by atoms with Gasteiger partial charge in [-0.05, 0) is 36.8 Å². The molecule has 0 aliphatic rings. The molecule has 0 aliphatic heterocycles. The van der Waals surface area contributed by atoms with E-state index in [1.54, 1.807) is 23.9 Å². The van der Waals surface area contributed by atoms with Gasteiger partial charge in [0.05, 0.1) is 0 Å². The first-order valence-electron chi connectivity index (χ1n) is 7.34. The lowest BCUT2D eigenvalue weighted by Crippen LogP contribution is -2.11. The second-order valence-electron chi connectivity index (χ2n) is 5.11. The van der Waals surface area contributed by atoms with Crippen LogP contribution in [0.3, 0.4) is 0 Å². The second kappa shape index (κ2) is 7.46. The first-order chi connectivity index (χ1) is 11.6. The maximum absolute atomic E-state index is 12.2. The Bertz CT molecular complexity index is 835. The SMILES string of the molecule is CC(Sc1nnc(N)s1)c1cccc(NC(=O)c2ccccc2)c1. The highest BCUT2D eigenvalue weighted by molar-refractivity contribution is 8.01. The lowest BCUT2D eigenvalue weighted by atomic mass is 10.1. The van der Waals surface area contributed by atoms with E-state index in [1.807, 2.05) is 42.5 Å². The van der Waals surface area contributed by atoms with E-state index >= 15 is 0 Å². The Hall–Kier alpha value is -2.38. The van der Waals surface area contributed by atoms with Crippen molar-refractivity contribution in [2.75, 3.05) is 11.1 Å². The summed E-state index contributed by atoms with van der Waals surface area (Å²) in [6.07, 6.45) is 0. The summed E-state index contributed by atoms with van der Waals surface area (Å²) < 4.78 is 0.832. The van der Waals surface area contributed by atoms with Crippen molar-refractivity contribution in [2.24, 2.45) is 0 Å². The van der Waals surface area contributed by atoms with Crippen LogP contribution in [0.1, 0.15) is 28.1 Å². The van der Waals surface area contributed by atoms with E-state index in [4.69, 9.17) is 5.73 Å². The van der Waals surface area contributed by atoms with E-state index in [2.05, 4.69) is 22.4 Å². The summed E-state index contributed by atoms with van der Waals surface area (Å²) in [6, 6.07) is 17.0. The number of benzene rings is 2. The average molecular weight is 356 g/mol. The normalized spacial score (nSPS) is 11.9. The molecule has 0 saturated carbocycles. The number of anilines is 2. The number of hydrogen-bond donors (Lipinski definition) is 2. The number of amides is 1. The van der Waals surface area contributed by atoms with Crippen molar-refractivity contribution in [3.63, 3.8) is 0 Å². The summed E-state index contributed by atoms with van der Waals surface area (Å²) in [4.78, 5) is 12.2. The topological polar surface area (TPSA) is 80.9 Å². The molecule has 0 saturated heterocycles. The minimum Gasteiger partial charge on any atom is -0.374 e. The summed E-state index contributed by atoms with van der Waals surface area (Å²) in [7, 11) is 0. The Labute approximate surface area is 148 Å². The largest absolute Gasteiger partial charge is 0.374 e. The number of thioether (sulfide) groups is 1. The molecule has 0 fully saturated rings. The van der Waals surface area contributed by atoms with E-state index in [0.717, 1.165) is 15.6 Å². The molecular weight excluding hydrogens is 340 g/mol. The minimum absolute atomic E-state index is 0.120. The fourth-order valence-corrected chi connectivity index (χ4v) is 4.05. The van der Waals surface area contributed by atoms with E-state index in [0.29, 0.717) is 10.7 Å². The zero-order valence-electron chi connectivity index (χ0n) is 13.0. The predicted octanol–water partition coefficient (Wildman–Crippen LogP) is 4.23. The minimum atomic E-state index is -0.120. The van der Waals surface area contributed by atoms with E-state index in [9.17, 15) is 4.79 Å². The number of hydrogen-bond acceptors (Lipinski definition) is 6. The Kier molecular flexibility index (Phi) is 5.12. The van der Waals surface area contributed by atoms with Crippen LogP contribution in [0.15, 0.2) is 58.9 Å². The summed E-state index contributed by atoms with van der Waals surface area (Å²) in [5.74, 6) is -0.120. The molecule has 3 rings (SSSR count). The number of carbonyl (C=O) groups is 1. The number of aromatic nitrogens is 2. The summed E-state index contributed by atoms with van der Waals surface area (Å²) in [5, 5.41) is 11.4. The average Bonchev–Trinajstić information content (AvgIpc) is 3.00. The van der Waals surface area contributed by atoms with Crippen LogP contribution < -0.4 is 11.1 Å². The summed E-state index contributed by atoms with van der Waals surface area (Å²) in [6.45, 7) is 2.08. The molecule has 1 amide bonds. The van der Waals surface area contributed by atoms with Crippen molar-refractivity contribution >= 4 is 39.8 Å². The van der Waals surface area contributed by atoms with Crippen LogP contribution in [-0.2, 0) is 0 Å². The Balaban J connectivity index is 1.70. The molecule has 3 aromatic rings. The fourth-order valence-electron chi connectivity index (χ4n) is 2.15. The molecule has 5 nitrogen and oxygen atoms in total. The smallest absolute Gasteiger partial charge is 0.255 e. The van der Waals surface area contributed by atoms with E-state index in [-0.39, 0.29) is 11.2 Å². The van der Waals surface area contributed by atoms with Gasteiger partial charge < -0.3 is 11.1 Å². The molecule has 2 aromatic carbocycles. The van der Waals surface area contributed by atoms with Crippen molar-refractivity contribution in [3.8, 4) is 0 Å². The van der Waals surface area contributed by atoms with Crippen LogP contribution >= 0.6 is 23.1 Å². The molecule has 122 valence electrons.